The van der Waals surface area contributed by atoms with Crippen molar-refractivity contribution in [2.75, 3.05) is 13.1 Å². The molecule has 21 heavy (non-hydrogen) atoms. The van der Waals surface area contributed by atoms with Crippen LogP contribution < -0.4 is 5.32 Å². The van der Waals surface area contributed by atoms with Crippen LogP contribution >= 0.6 is 0 Å². The summed E-state index contributed by atoms with van der Waals surface area (Å²) in [5.74, 6) is 3.57. The van der Waals surface area contributed by atoms with E-state index in [2.05, 4.69) is 50.9 Å². The van der Waals surface area contributed by atoms with E-state index in [1.165, 1.54) is 24.9 Å². The molecule has 0 aliphatic heterocycles. The number of nitrogens with zero attached hydrogens (tertiary/aromatic N) is 1. The molecule has 1 aliphatic carbocycles. The Kier molecular flexibility index (Phi) is 5.88. The minimum atomic E-state index is 0.678. The second-order valence-corrected chi connectivity index (χ2v) is 7.37. The second kappa shape index (κ2) is 7.46. The molecule has 1 fully saturated rings. The average molecular weight is 292 g/mol. The van der Waals surface area contributed by atoms with Gasteiger partial charge in [0, 0.05) is 24.7 Å². The molecule has 0 bridgehead atoms. The molecule has 1 aromatic heterocycles. The van der Waals surface area contributed by atoms with Crippen LogP contribution in [0.15, 0.2) is 10.5 Å². The molecule has 1 aromatic rings. The van der Waals surface area contributed by atoms with Gasteiger partial charge in [-0.25, -0.2) is 0 Å². The van der Waals surface area contributed by atoms with Gasteiger partial charge in [0.05, 0.1) is 6.54 Å². The van der Waals surface area contributed by atoms with E-state index in [0.29, 0.717) is 5.92 Å². The van der Waals surface area contributed by atoms with Crippen molar-refractivity contribution in [3.8, 4) is 0 Å². The van der Waals surface area contributed by atoms with Gasteiger partial charge < -0.3 is 9.73 Å². The van der Waals surface area contributed by atoms with Gasteiger partial charge in [-0.3, -0.25) is 4.90 Å². The fraction of sp³-hybridized carbons (Fsp3) is 0.778. The van der Waals surface area contributed by atoms with Crippen LogP contribution in [0, 0.1) is 18.8 Å². The number of rotatable bonds is 9. The molecule has 120 valence electrons. The predicted octanol–water partition coefficient (Wildman–Crippen LogP) is 3.95. The zero-order valence-corrected chi connectivity index (χ0v) is 14.4. The van der Waals surface area contributed by atoms with Crippen molar-refractivity contribution in [2.24, 2.45) is 11.8 Å². The summed E-state index contributed by atoms with van der Waals surface area (Å²) in [6.07, 6.45) is 2.73. The fourth-order valence-electron chi connectivity index (χ4n) is 2.79. The van der Waals surface area contributed by atoms with E-state index in [9.17, 15) is 0 Å². The van der Waals surface area contributed by atoms with Gasteiger partial charge in [0.15, 0.2) is 0 Å². The van der Waals surface area contributed by atoms with E-state index in [1.54, 1.807) is 0 Å². The molecule has 1 N–H and O–H groups in total. The Morgan fingerprint density at radius 1 is 1.24 bits per heavy atom. The van der Waals surface area contributed by atoms with Gasteiger partial charge in [0.25, 0.3) is 0 Å². The van der Waals surface area contributed by atoms with Crippen molar-refractivity contribution in [2.45, 2.75) is 66.6 Å². The van der Waals surface area contributed by atoms with Crippen LogP contribution in [-0.4, -0.2) is 24.0 Å². The summed E-state index contributed by atoms with van der Waals surface area (Å²) in [5.41, 5.74) is 1.36. The van der Waals surface area contributed by atoms with Crippen molar-refractivity contribution in [3.05, 3.63) is 23.2 Å². The first-order valence-electron chi connectivity index (χ1n) is 8.48. The number of hydrogen-bond acceptors (Lipinski definition) is 3. The third-order valence-electron chi connectivity index (χ3n) is 3.96. The van der Waals surface area contributed by atoms with Gasteiger partial charge in [0.1, 0.15) is 11.5 Å². The third-order valence-corrected chi connectivity index (χ3v) is 3.96. The number of nitrogens with one attached hydrogen (secondary N) is 1. The molecule has 0 atom stereocenters. The molecule has 0 spiro atoms. The second-order valence-electron chi connectivity index (χ2n) is 7.37. The Morgan fingerprint density at radius 2 is 1.95 bits per heavy atom. The molecule has 1 saturated carbocycles. The Morgan fingerprint density at radius 3 is 2.52 bits per heavy atom. The van der Waals surface area contributed by atoms with Crippen LogP contribution in [0.25, 0.3) is 0 Å². The lowest BCUT2D eigenvalue weighted by Gasteiger charge is -2.23. The normalized spacial score (nSPS) is 15.6. The maximum absolute atomic E-state index is 5.91. The third kappa shape index (κ3) is 5.48. The molecule has 1 aliphatic rings. The maximum atomic E-state index is 5.91. The Labute approximate surface area is 130 Å². The van der Waals surface area contributed by atoms with Crippen LogP contribution in [0.2, 0.25) is 0 Å². The molecule has 2 rings (SSSR count). The van der Waals surface area contributed by atoms with E-state index in [4.69, 9.17) is 4.42 Å². The standard InChI is InChI=1S/C18H32N2O/c1-13(2)9-19-10-18-8-16(15(5)21-18)12-20(11-14(3)4)17-6-7-17/h8,13-14,17,19H,6-7,9-12H2,1-5H3. The molecule has 0 saturated heterocycles. The van der Waals surface area contributed by atoms with Crippen LogP contribution in [0.4, 0.5) is 0 Å². The van der Waals surface area contributed by atoms with E-state index < -0.39 is 0 Å². The lowest BCUT2D eigenvalue weighted by atomic mass is 10.1. The van der Waals surface area contributed by atoms with Crippen LogP contribution in [-0.2, 0) is 13.1 Å². The van der Waals surface area contributed by atoms with Gasteiger partial charge in [-0.05, 0) is 44.2 Å². The zero-order chi connectivity index (χ0) is 15.4. The lowest BCUT2D eigenvalue weighted by Crippen LogP contribution is -2.29. The molecule has 0 unspecified atom stereocenters. The van der Waals surface area contributed by atoms with E-state index in [0.717, 1.165) is 43.1 Å². The molecule has 3 heteroatoms. The summed E-state index contributed by atoms with van der Waals surface area (Å²) < 4.78 is 5.91. The summed E-state index contributed by atoms with van der Waals surface area (Å²) in [5, 5.41) is 3.45. The largest absolute Gasteiger partial charge is 0.465 e. The van der Waals surface area contributed by atoms with Gasteiger partial charge >= 0.3 is 0 Å². The summed E-state index contributed by atoms with van der Waals surface area (Å²) in [6, 6.07) is 3.06. The van der Waals surface area contributed by atoms with E-state index >= 15 is 0 Å². The average Bonchev–Trinajstić information content (AvgIpc) is 3.15. The van der Waals surface area contributed by atoms with Crippen molar-refractivity contribution in [1.29, 1.82) is 0 Å². The summed E-state index contributed by atoms with van der Waals surface area (Å²) in [7, 11) is 0. The smallest absolute Gasteiger partial charge is 0.118 e. The minimum Gasteiger partial charge on any atom is -0.465 e. The number of aryl methyl sites for hydroxylation is 1. The van der Waals surface area contributed by atoms with Crippen LogP contribution in [0.1, 0.15) is 57.6 Å². The molecule has 0 amide bonds. The molecule has 0 aromatic carbocycles. The van der Waals surface area contributed by atoms with Crippen molar-refractivity contribution < 1.29 is 4.42 Å². The summed E-state index contributed by atoms with van der Waals surface area (Å²) in [6.45, 7) is 15.3. The van der Waals surface area contributed by atoms with Gasteiger partial charge in [-0.1, -0.05) is 27.7 Å². The molecule has 3 nitrogen and oxygen atoms in total. The molecule has 0 radical (unpaired) electrons. The Bertz CT molecular complexity index is 432. The highest BCUT2D eigenvalue weighted by Crippen LogP contribution is 2.30. The highest BCUT2D eigenvalue weighted by Gasteiger charge is 2.29. The lowest BCUT2D eigenvalue weighted by molar-refractivity contribution is 0.225. The van der Waals surface area contributed by atoms with Crippen molar-refractivity contribution >= 4 is 0 Å². The topological polar surface area (TPSA) is 28.4 Å². The van der Waals surface area contributed by atoms with E-state index in [-0.39, 0.29) is 0 Å². The SMILES string of the molecule is Cc1oc(CNCC(C)C)cc1CN(CC(C)C)C1CC1. The van der Waals surface area contributed by atoms with Gasteiger partial charge in [-0.2, -0.15) is 0 Å². The fourth-order valence-corrected chi connectivity index (χ4v) is 2.79. The maximum Gasteiger partial charge on any atom is 0.118 e. The number of hydrogen-bond donors (Lipinski definition) is 1. The first kappa shape index (κ1) is 16.6. The number of furan rings is 1. The predicted molar refractivity (Wildman–Crippen MR) is 88.3 cm³/mol. The minimum absolute atomic E-state index is 0.678. The van der Waals surface area contributed by atoms with Crippen LogP contribution in [0.5, 0.6) is 0 Å². The van der Waals surface area contributed by atoms with Crippen molar-refractivity contribution in [3.63, 3.8) is 0 Å². The zero-order valence-electron chi connectivity index (χ0n) is 14.4. The summed E-state index contributed by atoms with van der Waals surface area (Å²) >= 11 is 0. The first-order chi connectivity index (χ1) is 9.95. The quantitative estimate of drug-likeness (QED) is 0.747. The summed E-state index contributed by atoms with van der Waals surface area (Å²) in [4.78, 5) is 2.63. The molecular weight excluding hydrogens is 260 g/mol. The first-order valence-corrected chi connectivity index (χ1v) is 8.48. The molecule has 1 heterocycles. The van der Waals surface area contributed by atoms with Gasteiger partial charge in [-0.15, -0.1) is 0 Å². The highest BCUT2D eigenvalue weighted by molar-refractivity contribution is 5.21. The highest BCUT2D eigenvalue weighted by atomic mass is 16.3. The van der Waals surface area contributed by atoms with E-state index in [1.807, 2.05) is 0 Å². The van der Waals surface area contributed by atoms with Crippen molar-refractivity contribution in [1.82, 2.24) is 10.2 Å². The monoisotopic (exact) mass is 292 g/mol. The Balaban J connectivity index is 1.91. The molecular formula is C18H32N2O. The van der Waals surface area contributed by atoms with Gasteiger partial charge in [0.2, 0.25) is 0 Å². The van der Waals surface area contributed by atoms with Crippen LogP contribution in [0.3, 0.4) is 0 Å². The Hall–Kier alpha value is -0.800.